The Morgan fingerprint density at radius 2 is 1.12 bits per heavy atom. The molecule has 0 saturated carbocycles. The maximum Gasteiger partial charge on any atom is 0.0522 e. The van der Waals surface area contributed by atoms with Crippen molar-refractivity contribution in [1.82, 2.24) is 0 Å². The lowest BCUT2D eigenvalue weighted by Crippen LogP contribution is -2.09. The first-order valence-corrected chi connectivity index (χ1v) is 2.78. The fourth-order valence-electron chi connectivity index (χ4n) is 0.544. The molecule has 0 aliphatic heterocycles. The van der Waals surface area contributed by atoms with Crippen LogP contribution in [-0.2, 0) is 4.74 Å². The molecule has 0 aliphatic rings. The summed E-state index contributed by atoms with van der Waals surface area (Å²) >= 11 is 0. The molecule has 0 fully saturated rings. The van der Waals surface area contributed by atoms with Crippen LogP contribution in [0.3, 0.4) is 0 Å². The van der Waals surface area contributed by atoms with Gasteiger partial charge in [-0.25, -0.2) is 0 Å². The Morgan fingerprint density at radius 1 is 0.875 bits per heavy atom. The highest BCUT2D eigenvalue weighted by Crippen LogP contribution is 1.93. The second-order valence-electron chi connectivity index (χ2n) is 2.23. The van der Waals surface area contributed by atoms with Crippen LogP contribution in [0.2, 0.25) is 0 Å². The first kappa shape index (κ1) is 10.9. The zero-order valence-corrected chi connectivity index (χ0v) is 5.56. The number of rotatable bonds is 2. The van der Waals surface area contributed by atoms with Gasteiger partial charge in [0.1, 0.15) is 0 Å². The normalized spacial score (nSPS) is 9.75. The molecule has 8 heavy (non-hydrogen) atoms. The van der Waals surface area contributed by atoms with Crippen LogP contribution < -0.4 is 0 Å². The molecule has 0 saturated heterocycles. The minimum Gasteiger partial charge on any atom is -0.376 e. The van der Waals surface area contributed by atoms with E-state index in [9.17, 15) is 0 Å². The zero-order chi connectivity index (χ0) is 5.86. The highest BCUT2D eigenvalue weighted by molar-refractivity contribution is 4.40. The van der Waals surface area contributed by atoms with Crippen molar-refractivity contribution in [2.45, 2.75) is 47.3 Å². The summed E-state index contributed by atoms with van der Waals surface area (Å²) in [7, 11) is 0. The summed E-state index contributed by atoms with van der Waals surface area (Å²) in [6.45, 7) is 8.17. The third kappa shape index (κ3) is 9.35. The van der Waals surface area contributed by atoms with Gasteiger partial charge < -0.3 is 4.74 Å². The second kappa shape index (κ2) is 5.10. The van der Waals surface area contributed by atoms with E-state index in [0.717, 1.165) is 0 Å². The van der Waals surface area contributed by atoms with E-state index < -0.39 is 0 Å². The van der Waals surface area contributed by atoms with Gasteiger partial charge >= 0.3 is 0 Å². The molecule has 0 radical (unpaired) electrons. The highest BCUT2D eigenvalue weighted by Gasteiger charge is 1.94. The lowest BCUT2D eigenvalue weighted by Gasteiger charge is -2.09. The minimum absolute atomic E-state index is 0. The molecular formula is C7H18O. The predicted octanol–water partition coefficient (Wildman–Crippen LogP) is 2.46. The van der Waals surface area contributed by atoms with Gasteiger partial charge in [0.25, 0.3) is 0 Å². The van der Waals surface area contributed by atoms with Gasteiger partial charge in [0.15, 0.2) is 0 Å². The molecule has 0 aromatic rings. The second-order valence-corrected chi connectivity index (χ2v) is 2.23. The van der Waals surface area contributed by atoms with Gasteiger partial charge in [-0.05, 0) is 27.7 Å². The summed E-state index contributed by atoms with van der Waals surface area (Å²) in [5.41, 5.74) is 0. The van der Waals surface area contributed by atoms with E-state index in [4.69, 9.17) is 4.74 Å². The number of hydrogen-bond donors (Lipinski definition) is 0. The summed E-state index contributed by atoms with van der Waals surface area (Å²) in [6, 6.07) is 0. The highest BCUT2D eigenvalue weighted by atomic mass is 16.5. The van der Waals surface area contributed by atoms with E-state index in [2.05, 4.69) is 0 Å². The molecule has 0 heterocycles. The lowest BCUT2D eigenvalue weighted by atomic mass is 10.4. The predicted molar refractivity (Wildman–Crippen MR) is 38.1 cm³/mol. The van der Waals surface area contributed by atoms with E-state index in [1.807, 2.05) is 27.7 Å². The van der Waals surface area contributed by atoms with Crippen molar-refractivity contribution in [3.8, 4) is 0 Å². The van der Waals surface area contributed by atoms with Crippen molar-refractivity contribution in [2.24, 2.45) is 0 Å². The maximum atomic E-state index is 5.25. The van der Waals surface area contributed by atoms with Crippen molar-refractivity contribution >= 4 is 0 Å². The average molecular weight is 118 g/mol. The van der Waals surface area contributed by atoms with Crippen LogP contribution in [-0.4, -0.2) is 12.2 Å². The molecule has 0 unspecified atom stereocenters. The van der Waals surface area contributed by atoms with E-state index in [-0.39, 0.29) is 7.43 Å². The molecule has 0 aromatic heterocycles. The Balaban J connectivity index is 0. The minimum atomic E-state index is 0. The van der Waals surface area contributed by atoms with Gasteiger partial charge in [-0.2, -0.15) is 0 Å². The Morgan fingerprint density at radius 3 is 1.12 bits per heavy atom. The van der Waals surface area contributed by atoms with Gasteiger partial charge in [0.05, 0.1) is 12.2 Å². The van der Waals surface area contributed by atoms with E-state index >= 15 is 0 Å². The maximum absolute atomic E-state index is 5.25. The Kier molecular flexibility index (Phi) is 6.93. The monoisotopic (exact) mass is 118 g/mol. The molecule has 0 rings (SSSR count). The molecule has 0 bridgehead atoms. The molecule has 0 amide bonds. The number of ether oxygens (including phenoxy) is 1. The molecule has 0 aromatic carbocycles. The van der Waals surface area contributed by atoms with Crippen LogP contribution in [0.25, 0.3) is 0 Å². The molecule has 1 nitrogen and oxygen atoms in total. The smallest absolute Gasteiger partial charge is 0.0522 e. The lowest BCUT2D eigenvalue weighted by molar-refractivity contribution is 0.0300. The van der Waals surface area contributed by atoms with Crippen LogP contribution in [0.15, 0.2) is 0 Å². The van der Waals surface area contributed by atoms with Gasteiger partial charge in [-0.1, -0.05) is 7.43 Å². The quantitative estimate of drug-likeness (QED) is 0.541. The first-order valence-electron chi connectivity index (χ1n) is 2.78. The summed E-state index contributed by atoms with van der Waals surface area (Å²) in [5.74, 6) is 0. The van der Waals surface area contributed by atoms with Crippen LogP contribution >= 0.6 is 0 Å². The molecule has 0 atom stereocenters. The molecule has 0 aliphatic carbocycles. The fourth-order valence-corrected chi connectivity index (χ4v) is 0.544. The Labute approximate surface area is 53.0 Å². The van der Waals surface area contributed by atoms with Gasteiger partial charge in [-0.15, -0.1) is 0 Å². The molecule has 1 heteroatoms. The summed E-state index contributed by atoms with van der Waals surface area (Å²) in [4.78, 5) is 0. The Hall–Kier alpha value is -0.0400. The molecular weight excluding hydrogens is 100 g/mol. The van der Waals surface area contributed by atoms with Gasteiger partial charge in [0, 0.05) is 0 Å². The molecule has 0 N–H and O–H groups in total. The van der Waals surface area contributed by atoms with Crippen molar-refractivity contribution in [3.63, 3.8) is 0 Å². The van der Waals surface area contributed by atoms with Gasteiger partial charge in [0.2, 0.25) is 0 Å². The largest absolute Gasteiger partial charge is 0.376 e. The van der Waals surface area contributed by atoms with Gasteiger partial charge in [-0.3, -0.25) is 0 Å². The fraction of sp³-hybridized carbons (Fsp3) is 1.00. The van der Waals surface area contributed by atoms with Crippen molar-refractivity contribution < 1.29 is 4.74 Å². The topological polar surface area (TPSA) is 9.23 Å². The third-order valence-corrected chi connectivity index (χ3v) is 0.544. The molecule has 52 valence electrons. The Bertz CT molecular complexity index is 33.7. The van der Waals surface area contributed by atoms with E-state index in [1.54, 1.807) is 0 Å². The van der Waals surface area contributed by atoms with Crippen LogP contribution in [0.5, 0.6) is 0 Å². The SMILES string of the molecule is C.CC(C)OC(C)C. The van der Waals surface area contributed by atoms with Crippen LogP contribution in [0, 0.1) is 0 Å². The van der Waals surface area contributed by atoms with Crippen molar-refractivity contribution in [1.29, 1.82) is 0 Å². The molecule has 0 spiro atoms. The standard InChI is InChI=1S/C6H14O.CH4/c1-5(2)7-6(3)4;/h5-6H,1-4H3;1H4. The third-order valence-electron chi connectivity index (χ3n) is 0.544. The number of hydrogen-bond acceptors (Lipinski definition) is 1. The van der Waals surface area contributed by atoms with E-state index in [1.165, 1.54) is 0 Å². The van der Waals surface area contributed by atoms with E-state index in [0.29, 0.717) is 12.2 Å². The van der Waals surface area contributed by atoms with Crippen molar-refractivity contribution in [3.05, 3.63) is 0 Å². The van der Waals surface area contributed by atoms with Crippen LogP contribution in [0.1, 0.15) is 35.1 Å². The summed E-state index contributed by atoms with van der Waals surface area (Å²) in [6.07, 6.45) is 0.750. The zero-order valence-electron chi connectivity index (χ0n) is 5.56. The average Bonchev–Trinajstić information content (AvgIpc) is 1.27. The first-order chi connectivity index (χ1) is 3.13. The van der Waals surface area contributed by atoms with Crippen LogP contribution in [0.4, 0.5) is 0 Å². The summed E-state index contributed by atoms with van der Waals surface area (Å²) < 4.78 is 5.25. The van der Waals surface area contributed by atoms with Crippen molar-refractivity contribution in [2.75, 3.05) is 0 Å². The summed E-state index contributed by atoms with van der Waals surface area (Å²) in [5, 5.41) is 0.